The molecular weight excluding hydrogens is 372 g/mol. The van der Waals surface area contributed by atoms with E-state index < -0.39 is 10.0 Å². The van der Waals surface area contributed by atoms with Crippen molar-refractivity contribution < 1.29 is 13.2 Å². The Morgan fingerprint density at radius 1 is 1.04 bits per heavy atom. The predicted octanol–water partition coefficient (Wildman–Crippen LogP) is 3.84. The number of para-hydroxylation sites is 1. The maximum atomic E-state index is 13.3. The molecule has 5 nitrogen and oxygen atoms in total. The lowest BCUT2D eigenvalue weighted by atomic mass is 10.2. The van der Waals surface area contributed by atoms with Crippen LogP contribution in [0.15, 0.2) is 59.5 Å². The topological polar surface area (TPSA) is 57.7 Å². The van der Waals surface area contributed by atoms with Crippen LogP contribution < -0.4 is 4.31 Å². The van der Waals surface area contributed by atoms with Crippen LogP contribution in [0.5, 0.6) is 0 Å². The Labute approximate surface area is 168 Å². The predicted molar refractivity (Wildman–Crippen MR) is 112 cm³/mol. The lowest BCUT2D eigenvalue weighted by Gasteiger charge is -2.28. The Kier molecular flexibility index (Phi) is 6.39. The molecule has 0 radical (unpaired) electrons. The quantitative estimate of drug-likeness (QED) is 0.643. The van der Waals surface area contributed by atoms with E-state index in [1.165, 1.54) is 4.31 Å². The van der Waals surface area contributed by atoms with Crippen molar-refractivity contribution in [3.63, 3.8) is 0 Å². The van der Waals surface area contributed by atoms with E-state index in [-0.39, 0.29) is 17.3 Å². The van der Waals surface area contributed by atoms with Crippen molar-refractivity contribution >= 4 is 21.6 Å². The Bertz CT molecular complexity index is 891. The molecule has 0 spiro atoms. The van der Waals surface area contributed by atoms with Crippen molar-refractivity contribution in [3.8, 4) is 0 Å². The molecule has 0 atom stereocenters. The molecule has 0 aliphatic heterocycles. The van der Waals surface area contributed by atoms with Crippen LogP contribution in [-0.2, 0) is 14.8 Å². The van der Waals surface area contributed by atoms with Gasteiger partial charge in [0.15, 0.2) is 0 Å². The molecule has 0 unspecified atom stereocenters. The van der Waals surface area contributed by atoms with E-state index in [2.05, 4.69) is 0 Å². The number of hydrogen-bond acceptors (Lipinski definition) is 3. The van der Waals surface area contributed by atoms with Crippen molar-refractivity contribution in [2.75, 3.05) is 23.9 Å². The van der Waals surface area contributed by atoms with Crippen LogP contribution in [0, 0.1) is 12.8 Å². The Balaban J connectivity index is 1.90. The van der Waals surface area contributed by atoms with Crippen LogP contribution in [0.4, 0.5) is 5.69 Å². The van der Waals surface area contributed by atoms with Gasteiger partial charge in [-0.15, -0.1) is 0 Å². The summed E-state index contributed by atoms with van der Waals surface area (Å²) in [5.74, 6) is 0.419. The molecule has 1 fully saturated rings. The number of carbonyl (C=O) groups is 1. The fourth-order valence-electron chi connectivity index (χ4n) is 3.17. The first kappa shape index (κ1) is 20.4. The molecule has 0 saturated heterocycles. The minimum atomic E-state index is -3.84. The lowest BCUT2D eigenvalue weighted by Crippen LogP contribution is -2.44. The summed E-state index contributed by atoms with van der Waals surface area (Å²) >= 11 is 0. The summed E-state index contributed by atoms with van der Waals surface area (Å²) in [6.45, 7) is 5.13. The van der Waals surface area contributed by atoms with Gasteiger partial charge in [-0.2, -0.15) is 0 Å². The van der Waals surface area contributed by atoms with Gasteiger partial charge in [0, 0.05) is 13.1 Å². The van der Waals surface area contributed by atoms with E-state index in [1.54, 1.807) is 48.5 Å². The second-order valence-electron chi connectivity index (χ2n) is 7.44. The van der Waals surface area contributed by atoms with Crippen molar-refractivity contribution in [2.45, 2.75) is 38.0 Å². The number of amides is 1. The molecule has 28 heavy (non-hydrogen) atoms. The summed E-state index contributed by atoms with van der Waals surface area (Å²) in [6, 6.07) is 15.6. The average molecular weight is 401 g/mol. The van der Waals surface area contributed by atoms with E-state index >= 15 is 0 Å². The van der Waals surface area contributed by atoms with Gasteiger partial charge < -0.3 is 4.90 Å². The van der Waals surface area contributed by atoms with E-state index in [9.17, 15) is 13.2 Å². The zero-order valence-corrected chi connectivity index (χ0v) is 17.4. The van der Waals surface area contributed by atoms with Gasteiger partial charge in [-0.3, -0.25) is 9.10 Å². The first-order valence-electron chi connectivity index (χ1n) is 9.84. The van der Waals surface area contributed by atoms with Gasteiger partial charge >= 0.3 is 0 Å². The summed E-state index contributed by atoms with van der Waals surface area (Å²) in [7, 11) is -3.84. The first-order chi connectivity index (χ1) is 13.4. The number of carbonyl (C=O) groups excluding carboxylic acids is 1. The monoisotopic (exact) mass is 400 g/mol. The highest BCUT2D eigenvalue weighted by Gasteiger charge is 2.31. The first-order valence-corrected chi connectivity index (χ1v) is 11.3. The Morgan fingerprint density at radius 2 is 1.68 bits per heavy atom. The highest BCUT2D eigenvalue weighted by molar-refractivity contribution is 7.92. The molecule has 1 aliphatic carbocycles. The minimum Gasteiger partial charge on any atom is -0.341 e. The fourth-order valence-corrected chi connectivity index (χ4v) is 4.58. The molecule has 2 aromatic carbocycles. The van der Waals surface area contributed by atoms with Gasteiger partial charge in [0.05, 0.1) is 10.6 Å². The van der Waals surface area contributed by atoms with Gasteiger partial charge in [0.2, 0.25) is 5.91 Å². The van der Waals surface area contributed by atoms with Gasteiger partial charge in [-0.25, -0.2) is 8.42 Å². The fraction of sp³-hybridized carbons (Fsp3) is 0.409. The second-order valence-corrected chi connectivity index (χ2v) is 9.31. The van der Waals surface area contributed by atoms with Crippen LogP contribution >= 0.6 is 0 Å². The summed E-state index contributed by atoms with van der Waals surface area (Å²) in [4.78, 5) is 15.0. The summed E-state index contributed by atoms with van der Waals surface area (Å²) < 4.78 is 27.9. The largest absolute Gasteiger partial charge is 0.341 e. The highest BCUT2D eigenvalue weighted by Crippen LogP contribution is 2.30. The van der Waals surface area contributed by atoms with Crippen molar-refractivity contribution in [2.24, 2.45) is 5.92 Å². The number of hydrogen-bond donors (Lipinski definition) is 0. The molecule has 1 saturated carbocycles. The molecule has 1 amide bonds. The average Bonchev–Trinajstić information content (AvgIpc) is 3.50. The van der Waals surface area contributed by atoms with Gasteiger partial charge in [-0.05, 0) is 56.4 Å². The number of anilines is 1. The zero-order chi connectivity index (χ0) is 20.1. The molecule has 0 aromatic heterocycles. The molecule has 0 bridgehead atoms. The van der Waals surface area contributed by atoms with E-state index in [4.69, 9.17) is 0 Å². The maximum absolute atomic E-state index is 13.3. The number of sulfonamides is 1. The van der Waals surface area contributed by atoms with Gasteiger partial charge in [0.25, 0.3) is 10.0 Å². The minimum absolute atomic E-state index is 0.145. The number of benzene rings is 2. The number of rotatable bonds is 9. The summed E-state index contributed by atoms with van der Waals surface area (Å²) in [5.41, 5.74) is 1.49. The summed E-state index contributed by atoms with van der Waals surface area (Å²) in [5, 5.41) is 0. The molecule has 150 valence electrons. The standard InChI is InChI=1S/C22H28N2O3S/c1-3-15-23(16-19-11-12-19)22(25)17-24(20-7-5-4-6-8-20)28(26,27)21-13-9-18(2)10-14-21/h4-10,13-14,19H,3,11-12,15-17H2,1-2H3. The van der Waals surface area contributed by atoms with Crippen LogP contribution in [0.1, 0.15) is 31.7 Å². The SMILES string of the molecule is CCCN(CC1CC1)C(=O)CN(c1ccccc1)S(=O)(=O)c1ccc(C)cc1. The normalized spacial score (nSPS) is 13.9. The van der Waals surface area contributed by atoms with Crippen LogP contribution in [0.2, 0.25) is 0 Å². The third kappa shape index (κ3) is 4.93. The maximum Gasteiger partial charge on any atom is 0.264 e. The zero-order valence-electron chi connectivity index (χ0n) is 16.5. The van der Waals surface area contributed by atoms with Crippen LogP contribution in [-0.4, -0.2) is 38.9 Å². The van der Waals surface area contributed by atoms with Gasteiger partial charge in [0.1, 0.15) is 6.54 Å². The molecule has 3 rings (SSSR count). The molecule has 6 heteroatoms. The van der Waals surface area contributed by atoms with E-state index in [1.807, 2.05) is 24.8 Å². The number of aryl methyl sites for hydroxylation is 1. The van der Waals surface area contributed by atoms with Crippen molar-refractivity contribution in [1.29, 1.82) is 0 Å². The van der Waals surface area contributed by atoms with E-state index in [0.29, 0.717) is 18.2 Å². The Hall–Kier alpha value is -2.34. The highest BCUT2D eigenvalue weighted by atomic mass is 32.2. The molecule has 0 heterocycles. The van der Waals surface area contributed by atoms with Gasteiger partial charge in [-0.1, -0.05) is 42.8 Å². The second kappa shape index (κ2) is 8.78. The molecular formula is C22H28N2O3S. The number of nitrogens with zero attached hydrogens (tertiary/aromatic N) is 2. The lowest BCUT2D eigenvalue weighted by molar-refractivity contribution is -0.129. The van der Waals surface area contributed by atoms with Crippen molar-refractivity contribution in [1.82, 2.24) is 4.90 Å². The smallest absolute Gasteiger partial charge is 0.264 e. The third-order valence-electron chi connectivity index (χ3n) is 4.95. The van der Waals surface area contributed by atoms with Crippen LogP contribution in [0.3, 0.4) is 0 Å². The summed E-state index contributed by atoms with van der Waals surface area (Å²) in [6.07, 6.45) is 3.16. The van der Waals surface area contributed by atoms with Crippen LogP contribution in [0.25, 0.3) is 0 Å². The molecule has 2 aromatic rings. The van der Waals surface area contributed by atoms with E-state index in [0.717, 1.165) is 31.4 Å². The molecule has 0 N–H and O–H groups in total. The van der Waals surface area contributed by atoms with Crippen molar-refractivity contribution in [3.05, 3.63) is 60.2 Å². The third-order valence-corrected chi connectivity index (χ3v) is 6.74. The Morgan fingerprint density at radius 3 is 2.25 bits per heavy atom. The molecule has 1 aliphatic rings.